The molecule has 0 N–H and O–H groups in total. The van der Waals surface area contributed by atoms with Crippen LogP contribution in [0.1, 0.15) is 5.56 Å². The molecule has 1 rings (SSSR count). The number of nitriles is 1. The Hall–Kier alpha value is -1.69. The Morgan fingerprint density at radius 1 is 1.40 bits per heavy atom. The van der Waals surface area contributed by atoms with Crippen LogP contribution in [0.5, 0.6) is 0 Å². The number of hydrogen-bond donors (Lipinski definition) is 0. The van der Waals surface area contributed by atoms with Crippen molar-refractivity contribution in [3.8, 4) is 6.07 Å². The van der Waals surface area contributed by atoms with E-state index in [1.54, 1.807) is 18.2 Å². The van der Waals surface area contributed by atoms with Crippen molar-refractivity contribution in [2.45, 2.75) is 0 Å². The molecule has 0 aliphatic carbocycles. The summed E-state index contributed by atoms with van der Waals surface area (Å²) >= 11 is 0. The number of nitrogens with zero attached hydrogens (tertiary/aromatic N) is 3. The lowest BCUT2D eigenvalue weighted by Gasteiger charge is -1.87. The Kier molecular flexibility index (Phi) is 1.76. The van der Waals surface area contributed by atoms with Gasteiger partial charge >= 0.3 is 0 Å². The molecule has 0 fully saturated rings. The van der Waals surface area contributed by atoms with E-state index in [1.807, 2.05) is 6.07 Å². The average Bonchev–Trinajstić information content (AvgIpc) is 2.05. The first-order valence-electron chi connectivity index (χ1n) is 2.72. The Labute approximate surface area is 58.4 Å². The summed E-state index contributed by atoms with van der Waals surface area (Å²) < 4.78 is 0. The van der Waals surface area contributed by atoms with Crippen LogP contribution in [0.15, 0.2) is 29.4 Å². The second-order valence-corrected chi connectivity index (χ2v) is 1.76. The van der Waals surface area contributed by atoms with Gasteiger partial charge in [-0.15, -0.1) is 5.11 Å². The van der Waals surface area contributed by atoms with E-state index in [9.17, 15) is 0 Å². The van der Waals surface area contributed by atoms with Crippen molar-refractivity contribution >= 4 is 5.69 Å². The van der Waals surface area contributed by atoms with Crippen LogP contribution in [-0.2, 0) is 0 Å². The monoisotopic (exact) mass is 130 g/mol. The first-order chi connectivity index (χ1) is 4.86. The maximum atomic E-state index is 8.38. The molecule has 47 valence electrons. The molecule has 1 radical (unpaired) electrons. The predicted octanol–water partition coefficient (Wildman–Crippen LogP) is 1.44. The third-order valence-electron chi connectivity index (χ3n) is 1.09. The molecule has 0 bridgehead atoms. The van der Waals surface area contributed by atoms with Crippen LogP contribution < -0.4 is 5.53 Å². The molecule has 0 spiro atoms. The number of benzene rings is 1. The van der Waals surface area contributed by atoms with Gasteiger partial charge in [0.25, 0.3) is 0 Å². The number of rotatable bonds is 1. The fraction of sp³-hybridized carbons (Fsp3) is 0. The Morgan fingerprint density at radius 3 is 2.80 bits per heavy atom. The molecule has 10 heavy (non-hydrogen) atoms. The zero-order valence-electron chi connectivity index (χ0n) is 5.15. The fourth-order valence-corrected chi connectivity index (χ4v) is 0.638. The van der Waals surface area contributed by atoms with E-state index in [0.717, 1.165) is 0 Å². The summed E-state index contributed by atoms with van der Waals surface area (Å²) in [5.74, 6) is 0. The highest BCUT2D eigenvalue weighted by atomic mass is 15.0. The lowest BCUT2D eigenvalue weighted by Crippen LogP contribution is -1.70. The van der Waals surface area contributed by atoms with Crippen molar-refractivity contribution in [3.05, 3.63) is 29.8 Å². The van der Waals surface area contributed by atoms with Crippen LogP contribution in [0.2, 0.25) is 0 Å². The van der Waals surface area contributed by atoms with Crippen molar-refractivity contribution < 1.29 is 0 Å². The van der Waals surface area contributed by atoms with Crippen LogP contribution in [0.25, 0.3) is 0 Å². The molecule has 3 nitrogen and oxygen atoms in total. The lowest BCUT2D eigenvalue weighted by molar-refractivity contribution is 1.30. The SMILES string of the molecule is [N]=Nc1cccc(C#N)c1. The molecule has 1 aromatic rings. The van der Waals surface area contributed by atoms with Gasteiger partial charge in [-0.3, -0.25) is 0 Å². The van der Waals surface area contributed by atoms with Gasteiger partial charge in [-0.2, -0.15) is 5.26 Å². The second kappa shape index (κ2) is 2.74. The van der Waals surface area contributed by atoms with E-state index >= 15 is 0 Å². The first-order valence-corrected chi connectivity index (χ1v) is 2.72. The molecule has 0 atom stereocenters. The van der Waals surface area contributed by atoms with Gasteiger partial charge in [0.1, 0.15) is 0 Å². The van der Waals surface area contributed by atoms with Crippen LogP contribution in [0.3, 0.4) is 0 Å². The van der Waals surface area contributed by atoms with Gasteiger partial charge < -0.3 is 0 Å². The minimum Gasteiger partial charge on any atom is -0.192 e. The topological polar surface area (TPSA) is 58.4 Å². The zero-order valence-corrected chi connectivity index (χ0v) is 5.15. The third-order valence-corrected chi connectivity index (χ3v) is 1.09. The van der Waals surface area contributed by atoms with E-state index in [-0.39, 0.29) is 0 Å². The van der Waals surface area contributed by atoms with Crippen molar-refractivity contribution in [2.24, 2.45) is 5.11 Å². The van der Waals surface area contributed by atoms with Gasteiger partial charge in [0.2, 0.25) is 0 Å². The van der Waals surface area contributed by atoms with Gasteiger partial charge in [-0.1, -0.05) is 6.07 Å². The van der Waals surface area contributed by atoms with E-state index < -0.39 is 0 Å². The molecule has 3 heteroatoms. The summed E-state index contributed by atoms with van der Waals surface area (Å²) in [5.41, 5.74) is 9.17. The smallest absolute Gasteiger partial charge is 0.0992 e. The molecule has 0 aromatic heterocycles. The van der Waals surface area contributed by atoms with Crippen molar-refractivity contribution in [1.29, 1.82) is 5.26 Å². The van der Waals surface area contributed by atoms with Gasteiger partial charge in [0.15, 0.2) is 0 Å². The maximum Gasteiger partial charge on any atom is 0.0992 e. The Bertz CT molecular complexity index is 285. The van der Waals surface area contributed by atoms with Crippen LogP contribution in [-0.4, -0.2) is 0 Å². The quantitative estimate of drug-likeness (QED) is 0.530. The largest absolute Gasteiger partial charge is 0.192 e. The van der Waals surface area contributed by atoms with Crippen LogP contribution in [0.4, 0.5) is 5.69 Å². The van der Waals surface area contributed by atoms with E-state index in [4.69, 9.17) is 10.8 Å². The lowest BCUT2D eigenvalue weighted by atomic mass is 10.2. The summed E-state index contributed by atoms with van der Waals surface area (Å²) in [6, 6.07) is 8.35. The standard InChI is InChI=1S/C7H4N3/c8-5-6-2-1-3-7(4-6)10-9/h1-4H. The summed E-state index contributed by atoms with van der Waals surface area (Å²) in [6.07, 6.45) is 0. The fourth-order valence-electron chi connectivity index (χ4n) is 0.638. The Balaban J connectivity index is 3.13. The minimum absolute atomic E-state index is 0.402. The highest BCUT2D eigenvalue weighted by Crippen LogP contribution is 2.11. The second-order valence-electron chi connectivity index (χ2n) is 1.76. The van der Waals surface area contributed by atoms with E-state index in [2.05, 4.69) is 5.11 Å². The molecule has 0 heterocycles. The molecule has 0 aliphatic heterocycles. The molecule has 0 aliphatic rings. The van der Waals surface area contributed by atoms with Crippen molar-refractivity contribution in [1.82, 2.24) is 5.53 Å². The predicted molar refractivity (Wildman–Crippen MR) is 35.4 cm³/mol. The van der Waals surface area contributed by atoms with Crippen LogP contribution in [0, 0.1) is 11.3 Å². The average molecular weight is 130 g/mol. The summed E-state index contributed by atoms with van der Waals surface area (Å²) in [4.78, 5) is 0. The maximum absolute atomic E-state index is 8.38. The van der Waals surface area contributed by atoms with Gasteiger partial charge in [0, 0.05) is 0 Å². The molecular formula is C7H4N3. The number of hydrogen-bond acceptors (Lipinski definition) is 2. The van der Waals surface area contributed by atoms with Crippen molar-refractivity contribution in [2.75, 3.05) is 0 Å². The highest BCUT2D eigenvalue weighted by molar-refractivity contribution is 5.43. The molecule has 0 amide bonds. The molecule has 1 aromatic carbocycles. The van der Waals surface area contributed by atoms with E-state index in [1.165, 1.54) is 6.07 Å². The van der Waals surface area contributed by atoms with Crippen molar-refractivity contribution in [3.63, 3.8) is 0 Å². The first kappa shape index (κ1) is 6.43. The third kappa shape index (κ3) is 1.17. The summed E-state index contributed by atoms with van der Waals surface area (Å²) in [5, 5.41) is 11.3. The molecular weight excluding hydrogens is 126 g/mol. The normalized spacial score (nSPS) is 8.30. The van der Waals surface area contributed by atoms with Crippen LogP contribution >= 0.6 is 0 Å². The molecule has 0 unspecified atom stereocenters. The zero-order chi connectivity index (χ0) is 7.40. The molecule has 0 saturated carbocycles. The Morgan fingerprint density at radius 2 is 2.20 bits per heavy atom. The van der Waals surface area contributed by atoms with Gasteiger partial charge in [0.05, 0.1) is 17.3 Å². The summed E-state index contributed by atoms with van der Waals surface area (Å²) in [7, 11) is 0. The van der Waals surface area contributed by atoms with E-state index in [0.29, 0.717) is 11.3 Å². The molecule has 0 saturated heterocycles. The highest BCUT2D eigenvalue weighted by Gasteiger charge is 1.90. The summed E-state index contributed by atoms with van der Waals surface area (Å²) in [6.45, 7) is 0. The minimum atomic E-state index is 0.402. The van der Waals surface area contributed by atoms with Gasteiger partial charge in [-0.25, -0.2) is 0 Å². The van der Waals surface area contributed by atoms with Gasteiger partial charge in [-0.05, 0) is 23.7 Å².